The van der Waals surface area contributed by atoms with Crippen molar-refractivity contribution in [3.05, 3.63) is 102 Å². The molecular weight excluding hydrogens is 390 g/mol. The van der Waals surface area contributed by atoms with Crippen LogP contribution in [0.4, 0.5) is 0 Å². The third-order valence-electron chi connectivity index (χ3n) is 7.37. The van der Waals surface area contributed by atoms with Gasteiger partial charge in [-0.25, -0.2) is 0 Å². The maximum Gasteiger partial charge on any atom is 0.118 e. The molecule has 2 aliphatic rings. The smallest absolute Gasteiger partial charge is 0.118 e. The number of hydrogen-bond donors (Lipinski definition) is 0. The van der Waals surface area contributed by atoms with Crippen LogP contribution in [0.25, 0.3) is 0 Å². The molecule has 3 aromatic rings. The largest absolute Gasteiger partial charge is 1.00 e. The molecule has 5 rings (SSSR count). The number of quaternary nitrogens is 1. The molecule has 2 fully saturated rings. The van der Waals surface area contributed by atoms with E-state index in [9.17, 15) is 0 Å². The summed E-state index contributed by atoms with van der Waals surface area (Å²) in [5.41, 5.74) is 4.43. The molecule has 2 atom stereocenters. The Balaban J connectivity index is 0.00000218. The molecule has 2 nitrogen and oxygen atoms in total. The third kappa shape index (κ3) is 3.53. The van der Waals surface area contributed by atoms with E-state index < -0.39 is 0 Å². The quantitative estimate of drug-likeness (QED) is 0.575. The number of halogens is 1. The molecule has 3 heteroatoms. The van der Waals surface area contributed by atoms with Crippen LogP contribution in [0.5, 0.6) is 5.75 Å². The second kappa shape index (κ2) is 8.83. The summed E-state index contributed by atoms with van der Waals surface area (Å²) in [5.74, 6) is 0.937. The fourth-order valence-electron chi connectivity index (χ4n) is 6.17. The molecule has 0 bridgehead atoms. The molecule has 2 heterocycles. The van der Waals surface area contributed by atoms with Crippen LogP contribution >= 0.6 is 0 Å². The lowest BCUT2D eigenvalue weighted by molar-refractivity contribution is -0.994. The zero-order valence-electron chi connectivity index (χ0n) is 17.6. The zero-order valence-corrected chi connectivity index (χ0v) is 18.3. The van der Waals surface area contributed by atoms with Crippen LogP contribution in [-0.2, 0) is 6.54 Å². The van der Waals surface area contributed by atoms with Crippen molar-refractivity contribution >= 4 is 0 Å². The van der Waals surface area contributed by atoms with E-state index in [1.807, 2.05) is 0 Å². The lowest BCUT2D eigenvalue weighted by atomic mass is 9.95. The Hall–Kier alpha value is -2.29. The second-order valence-corrected chi connectivity index (χ2v) is 8.66. The summed E-state index contributed by atoms with van der Waals surface area (Å²) in [6.07, 6.45) is 5.24. The van der Waals surface area contributed by atoms with Gasteiger partial charge in [0.2, 0.25) is 0 Å². The second-order valence-electron chi connectivity index (χ2n) is 8.66. The van der Waals surface area contributed by atoms with E-state index in [4.69, 9.17) is 4.74 Å². The van der Waals surface area contributed by atoms with Crippen LogP contribution in [0.3, 0.4) is 0 Å². The number of rotatable bonds is 5. The number of hydrogen-bond acceptors (Lipinski definition) is 1. The summed E-state index contributed by atoms with van der Waals surface area (Å²) in [5, 5.41) is 0. The first-order valence-electron chi connectivity index (χ1n) is 10.9. The van der Waals surface area contributed by atoms with E-state index in [0.29, 0.717) is 12.1 Å². The van der Waals surface area contributed by atoms with Crippen molar-refractivity contribution in [2.24, 2.45) is 0 Å². The van der Waals surface area contributed by atoms with Gasteiger partial charge >= 0.3 is 0 Å². The molecule has 0 aromatic heterocycles. The van der Waals surface area contributed by atoms with Gasteiger partial charge in [0.1, 0.15) is 24.4 Å². The van der Waals surface area contributed by atoms with Crippen molar-refractivity contribution < 1.29 is 21.6 Å². The Morgan fingerprint density at radius 1 is 0.700 bits per heavy atom. The Kier molecular flexibility index (Phi) is 6.17. The van der Waals surface area contributed by atoms with Gasteiger partial charge in [0.05, 0.1) is 13.2 Å². The lowest BCUT2D eigenvalue weighted by Crippen LogP contribution is -3.00. The highest BCUT2D eigenvalue weighted by atomic mass is 35.5. The fourth-order valence-corrected chi connectivity index (χ4v) is 6.17. The van der Waals surface area contributed by atoms with Gasteiger partial charge in [-0.1, -0.05) is 60.7 Å². The minimum absolute atomic E-state index is 0. The number of methoxy groups -OCH3 is 1. The minimum Gasteiger partial charge on any atom is -1.00 e. The van der Waals surface area contributed by atoms with Gasteiger partial charge in [-0.2, -0.15) is 0 Å². The van der Waals surface area contributed by atoms with Gasteiger partial charge in [0, 0.05) is 42.4 Å². The van der Waals surface area contributed by atoms with Crippen molar-refractivity contribution in [3.63, 3.8) is 0 Å². The topological polar surface area (TPSA) is 9.23 Å². The van der Waals surface area contributed by atoms with Crippen LogP contribution in [0, 0.1) is 0 Å². The summed E-state index contributed by atoms with van der Waals surface area (Å²) in [6.45, 7) is 1.09. The Morgan fingerprint density at radius 2 is 1.20 bits per heavy atom. The first-order chi connectivity index (χ1) is 14.3. The molecule has 0 amide bonds. The molecule has 0 saturated carbocycles. The van der Waals surface area contributed by atoms with Crippen LogP contribution in [-0.4, -0.2) is 17.6 Å². The average molecular weight is 420 g/mol. The molecule has 0 aliphatic carbocycles. The lowest BCUT2D eigenvalue weighted by Gasteiger charge is -2.46. The highest BCUT2D eigenvalue weighted by Crippen LogP contribution is 2.58. The first-order valence-corrected chi connectivity index (χ1v) is 10.9. The maximum absolute atomic E-state index is 5.40. The third-order valence-corrected chi connectivity index (χ3v) is 7.37. The predicted molar refractivity (Wildman–Crippen MR) is 118 cm³/mol. The summed E-state index contributed by atoms with van der Waals surface area (Å²) in [4.78, 5) is 0. The van der Waals surface area contributed by atoms with E-state index in [0.717, 1.165) is 18.3 Å². The molecule has 0 spiro atoms. The molecular formula is C27H30ClNO. The summed E-state index contributed by atoms with van der Waals surface area (Å²) >= 11 is 0. The zero-order chi connectivity index (χ0) is 19.7. The summed E-state index contributed by atoms with van der Waals surface area (Å²) in [6, 6.07) is 33.2. The van der Waals surface area contributed by atoms with Crippen molar-refractivity contribution in [3.8, 4) is 5.75 Å². The molecule has 2 aliphatic heterocycles. The number of ether oxygens (including phenoxy) is 1. The van der Waals surface area contributed by atoms with Crippen molar-refractivity contribution in [1.29, 1.82) is 0 Å². The summed E-state index contributed by atoms with van der Waals surface area (Å²) in [7, 11) is 1.74. The SMILES string of the molecule is COc1ccc(C[N+]23C(CC[C@H]2c2ccccc2)CC[C@H]3c2ccccc2)cc1.[Cl-]. The fraction of sp³-hybridized carbons (Fsp3) is 0.333. The molecule has 156 valence electrons. The highest BCUT2D eigenvalue weighted by molar-refractivity contribution is 5.28. The van der Waals surface area contributed by atoms with Crippen LogP contribution in [0.1, 0.15) is 54.5 Å². The normalized spacial score (nSPS) is 27.3. The Labute approximate surface area is 186 Å². The van der Waals surface area contributed by atoms with Gasteiger partial charge in [0.15, 0.2) is 0 Å². The highest BCUT2D eigenvalue weighted by Gasteiger charge is 2.58. The van der Waals surface area contributed by atoms with Gasteiger partial charge < -0.3 is 21.6 Å². The molecule has 0 unspecified atom stereocenters. The molecule has 30 heavy (non-hydrogen) atoms. The van der Waals surface area contributed by atoms with E-state index in [1.165, 1.54) is 46.9 Å². The monoisotopic (exact) mass is 419 g/mol. The standard InChI is InChI=1S/C27H30NO.ClH/c1-29-25-16-12-21(13-17-25)20-28-24(14-18-26(28)22-8-4-2-5-9-22)15-19-27(28)23-10-6-3-7-11-23;/h2-13,16-17,24,26-27H,14-15,18-20H2,1H3;1H/q+1;/p-1/t24?,26-,27-,28?;/m0./s1. The van der Waals surface area contributed by atoms with Gasteiger partial charge in [-0.3, -0.25) is 0 Å². The maximum atomic E-state index is 5.40. The molecule has 3 aromatic carbocycles. The minimum atomic E-state index is 0. The van der Waals surface area contributed by atoms with Crippen LogP contribution < -0.4 is 17.1 Å². The van der Waals surface area contributed by atoms with Crippen LogP contribution in [0.2, 0.25) is 0 Å². The van der Waals surface area contributed by atoms with E-state index >= 15 is 0 Å². The van der Waals surface area contributed by atoms with Crippen molar-refractivity contribution in [1.82, 2.24) is 0 Å². The van der Waals surface area contributed by atoms with Crippen molar-refractivity contribution in [2.75, 3.05) is 7.11 Å². The van der Waals surface area contributed by atoms with E-state index in [2.05, 4.69) is 84.9 Å². The molecule has 0 radical (unpaired) electrons. The number of fused-ring (bicyclic) bond motifs is 1. The molecule has 2 saturated heterocycles. The predicted octanol–water partition coefficient (Wildman–Crippen LogP) is 3.45. The van der Waals surface area contributed by atoms with Crippen LogP contribution in [0.15, 0.2) is 84.9 Å². The van der Waals surface area contributed by atoms with E-state index in [-0.39, 0.29) is 12.4 Å². The Morgan fingerprint density at radius 3 is 1.67 bits per heavy atom. The van der Waals surface area contributed by atoms with Gasteiger partial charge in [-0.05, 0) is 24.3 Å². The van der Waals surface area contributed by atoms with E-state index in [1.54, 1.807) is 7.11 Å². The summed E-state index contributed by atoms with van der Waals surface area (Å²) < 4.78 is 6.58. The Bertz CT molecular complexity index is 890. The van der Waals surface area contributed by atoms with Crippen molar-refractivity contribution in [2.45, 2.75) is 50.4 Å². The first kappa shape index (κ1) is 21.0. The van der Waals surface area contributed by atoms with Gasteiger partial charge in [0.25, 0.3) is 0 Å². The molecule has 0 N–H and O–H groups in total. The number of benzene rings is 3. The number of nitrogens with zero attached hydrogens (tertiary/aromatic N) is 1. The van der Waals surface area contributed by atoms with Gasteiger partial charge in [-0.15, -0.1) is 0 Å². The average Bonchev–Trinajstić information content (AvgIpc) is 3.31.